The molecular weight excluding hydrogens is 240 g/mol. The van der Waals surface area contributed by atoms with Gasteiger partial charge < -0.3 is 15.2 Å². The normalized spacial score (nSPS) is 12.9. The molecule has 0 aliphatic carbocycles. The number of hydrogen-bond donors (Lipinski definition) is 1. The molecule has 0 saturated carbocycles. The Morgan fingerprint density at radius 1 is 1.42 bits per heavy atom. The summed E-state index contributed by atoms with van der Waals surface area (Å²) in [6.07, 6.45) is 2.69. The van der Waals surface area contributed by atoms with Crippen LogP contribution >= 0.6 is 0 Å². The van der Waals surface area contributed by atoms with Crippen molar-refractivity contribution in [2.45, 2.75) is 13.0 Å². The first-order valence-corrected chi connectivity index (χ1v) is 6.31. The van der Waals surface area contributed by atoms with Crippen molar-refractivity contribution in [3.63, 3.8) is 0 Å². The van der Waals surface area contributed by atoms with Crippen molar-refractivity contribution in [3.8, 4) is 22.8 Å². The minimum Gasteiger partial charge on any atom is -0.494 e. The van der Waals surface area contributed by atoms with Crippen LogP contribution in [0, 0.1) is 0 Å². The zero-order valence-electron chi connectivity index (χ0n) is 10.8. The number of aromatic nitrogens is 1. The van der Waals surface area contributed by atoms with Crippen LogP contribution < -0.4 is 15.2 Å². The summed E-state index contributed by atoms with van der Waals surface area (Å²) in [5, 5.41) is 0. The third-order valence-electron chi connectivity index (χ3n) is 3.34. The van der Waals surface area contributed by atoms with Crippen LogP contribution in [0.5, 0.6) is 11.5 Å². The van der Waals surface area contributed by atoms with E-state index in [1.165, 1.54) is 5.56 Å². The van der Waals surface area contributed by atoms with Gasteiger partial charge in [0, 0.05) is 30.3 Å². The minimum atomic E-state index is 0.464. The number of ether oxygens (including phenoxy) is 2. The second-order valence-electron chi connectivity index (χ2n) is 4.48. The highest BCUT2D eigenvalue weighted by Gasteiger charge is 2.19. The second kappa shape index (κ2) is 4.90. The Morgan fingerprint density at radius 2 is 2.32 bits per heavy atom. The van der Waals surface area contributed by atoms with E-state index in [4.69, 9.17) is 15.2 Å². The lowest BCUT2D eigenvalue weighted by atomic mass is 10.0. The van der Waals surface area contributed by atoms with Crippen molar-refractivity contribution in [2.75, 3.05) is 13.7 Å². The Balaban J connectivity index is 2.15. The molecule has 2 heterocycles. The monoisotopic (exact) mass is 256 g/mol. The quantitative estimate of drug-likeness (QED) is 0.914. The van der Waals surface area contributed by atoms with Crippen LogP contribution in [0.25, 0.3) is 11.3 Å². The molecule has 0 unspecified atom stereocenters. The van der Waals surface area contributed by atoms with Crippen LogP contribution in [0.3, 0.4) is 0 Å². The Morgan fingerprint density at radius 3 is 3.11 bits per heavy atom. The van der Waals surface area contributed by atoms with E-state index in [9.17, 15) is 0 Å². The molecule has 4 nitrogen and oxygen atoms in total. The highest BCUT2D eigenvalue weighted by molar-refractivity contribution is 5.70. The first-order valence-electron chi connectivity index (χ1n) is 6.31. The second-order valence-corrected chi connectivity index (χ2v) is 4.48. The molecule has 1 aliphatic heterocycles. The van der Waals surface area contributed by atoms with E-state index in [-0.39, 0.29) is 0 Å². The zero-order chi connectivity index (χ0) is 13.2. The fourth-order valence-electron chi connectivity index (χ4n) is 2.45. The Bertz CT molecular complexity index is 611. The summed E-state index contributed by atoms with van der Waals surface area (Å²) in [7, 11) is 1.65. The molecule has 2 N–H and O–H groups in total. The summed E-state index contributed by atoms with van der Waals surface area (Å²) < 4.78 is 11.0. The van der Waals surface area contributed by atoms with Gasteiger partial charge in [0.25, 0.3) is 0 Å². The first kappa shape index (κ1) is 12.0. The topological polar surface area (TPSA) is 57.4 Å². The number of benzene rings is 1. The van der Waals surface area contributed by atoms with E-state index in [0.717, 1.165) is 41.3 Å². The van der Waals surface area contributed by atoms with Gasteiger partial charge in [-0.15, -0.1) is 0 Å². The van der Waals surface area contributed by atoms with Crippen molar-refractivity contribution in [2.24, 2.45) is 5.73 Å². The number of methoxy groups -OCH3 is 1. The van der Waals surface area contributed by atoms with Crippen LogP contribution in [-0.2, 0) is 13.0 Å². The maximum absolute atomic E-state index is 5.81. The molecule has 2 aromatic rings. The first-order chi connectivity index (χ1) is 9.33. The van der Waals surface area contributed by atoms with Gasteiger partial charge in [0.05, 0.1) is 13.7 Å². The molecule has 0 saturated heterocycles. The Labute approximate surface area is 112 Å². The van der Waals surface area contributed by atoms with Crippen molar-refractivity contribution < 1.29 is 9.47 Å². The third kappa shape index (κ3) is 2.04. The summed E-state index contributed by atoms with van der Waals surface area (Å²) in [6.45, 7) is 1.19. The molecule has 1 aromatic heterocycles. The lowest BCUT2D eigenvalue weighted by molar-refractivity contribution is 0.353. The summed E-state index contributed by atoms with van der Waals surface area (Å²) in [5.41, 5.74) is 9.91. The molecule has 0 bridgehead atoms. The van der Waals surface area contributed by atoms with Crippen LogP contribution in [0.15, 0.2) is 30.5 Å². The SMILES string of the molecule is COc1cccnc1-c1cc(CN)c2c(c1)CCO2. The van der Waals surface area contributed by atoms with E-state index < -0.39 is 0 Å². The van der Waals surface area contributed by atoms with Gasteiger partial charge in [-0.2, -0.15) is 0 Å². The van der Waals surface area contributed by atoms with Gasteiger partial charge in [0.1, 0.15) is 17.2 Å². The minimum absolute atomic E-state index is 0.464. The molecule has 0 fully saturated rings. The van der Waals surface area contributed by atoms with Gasteiger partial charge in [-0.25, -0.2) is 0 Å². The van der Waals surface area contributed by atoms with Crippen LogP contribution in [-0.4, -0.2) is 18.7 Å². The molecular formula is C15H16N2O2. The predicted octanol–water partition coefficient (Wildman–Crippen LogP) is 2.15. The molecule has 0 atom stereocenters. The molecule has 0 spiro atoms. The molecule has 98 valence electrons. The molecule has 0 amide bonds. The maximum Gasteiger partial charge on any atom is 0.145 e. The van der Waals surface area contributed by atoms with Gasteiger partial charge in [0.2, 0.25) is 0 Å². The molecule has 4 heteroatoms. The van der Waals surface area contributed by atoms with Gasteiger partial charge in [-0.1, -0.05) is 0 Å². The van der Waals surface area contributed by atoms with Crippen molar-refractivity contribution >= 4 is 0 Å². The average Bonchev–Trinajstić information content (AvgIpc) is 2.94. The summed E-state index contributed by atoms with van der Waals surface area (Å²) in [4.78, 5) is 4.41. The van der Waals surface area contributed by atoms with Gasteiger partial charge in [-0.05, 0) is 29.8 Å². The van der Waals surface area contributed by atoms with Gasteiger partial charge >= 0.3 is 0 Å². The zero-order valence-corrected chi connectivity index (χ0v) is 10.8. The lowest BCUT2D eigenvalue weighted by Crippen LogP contribution is -2.00. The van der Waals surface area contributed by atoms with Crippen molar-refractivity contribution in [1.82, 2.24) is 4.98 Å². The summed E-state index contributed by atoms with van der Waals surface area (Å²) >= 11 is 0. The van der Waals surface area contributed by atoms with Gasteiger partial charge in [-0.3, -0.25) is 4.98 Å². The highest BCUT2D eigenvalue weighted by atomic mass is 16.5. The molecule has 1 aliphatic rings. The third-order valence-corrected chi connectivity index (χ3v) is 3.34. The number of nitrogens with two attached hydrogens (primary N) is 1. The van der Waals surface area contributed by atoms with Crippen LogP contribution in [0.1, 0.15) is 11.1 Å². The van der Waals surface area contributed by atoms with E-state index in [2.05, 4.69) is 11.1 Å². The fourth-order valence-corrected chi connectivity index (χ4v) is 2.45. The largest absolute Gasteiger partial charge is 0.494 e. The number of fused-ring (bicyclic) bond motifs is 1. The summed E-state index contributed by atoms with van der Waals surface area (Å²) in [6, 6.07) is 7.93. The fraction of sp³-hybridized carbons (Fsp3) is 0.267. The Hall–Kier alpha value is -2.07. The van der Waals surface area contributed by atoms with E-state index in [0.29, 0.717) is 6.54 Å². The highest BCUT2D eigenvalue weighted by Crippen LogP contribution is 2.36. The predicted molar refractivity (Wildman–Crippen MR) is 73.3 cm³/mol. The molecule has 3 rings (SSSR count). The summed E-state index contributed by atoms with van der Waals surface area (Å²) in [5.74, 6) is 1.71. The van der Waals surface area contributed by atoms with Crippen molar-refractivity contribution in [3.05, 3.63) is 41.6 Å². The van der Waals surface area contributed by atoms with Crippen LogP contribution in [0.2, 0.25) is 0 Å². The van der Waals surface area contributed by atoms with Crippen molar-refractivity contribution in [1.29, 1.82) is 0 Å². The molecule has 19 heavy (non-hydrogen) atoms. The smallest absolute Gasteiger partial charge is 0.145 e. The average molecular weight is 256 g/mol. The number of hydrogen-bond acceptors (Lipinski definition) is 4. The number of pyridine rings is 1. The van der Waals surface area contributed by atoms with Crippen LogP contribution in [0.4, 0.5) is 0 Å². The van der Waals surface area contributed by atoms with E-state index in [1.807, 2.05) is 18.2 Å². The van der Waals surface area contributed by atoms with E-state index >= 15 is 0 Å². The van der Waals surface area contributed by atoms with E-state index in [1.54, 1.807) is 13.3 Å². The van der Waals surface area contributed by atoms with Gasteiger partial charge in [0.15, 0.2) is 0 Å². The standard InChI is InChI=1S/C15H16N2O2/c1-18-13-3-2-5-17-14(13)11-7-10-4-6-19-15(10)12(8-11)9-16/h2-3,5,7-8H,4,6,9,16H2,1H3. The number of nitrogens with zero attached hydrogens (tertiary/aromatic N) is 1. The lowest BCUT2D eigenvalue weighted by Gasteiger charge is -2.11. The molecule has 1 aromatic carbocycles. The molecule has 0 radical (unpaired) electrons. The Kier molecular flexibility index (Phi) is 3.09. The maximum atomic E-state index is 5.81. The number of rotatable bonds is 3.